The molecule has 0 aliphatic carbocycles. The highest BCUT2D eigenvalue weighted by Crippen LogP contribution is 2.18. The van der Waals surface area contributed by atoms with Crippen molar-refractivity contribution in [2.75, 3.05) is 7.11 Å². The summed E-state index contributed by atoms with van der Waals surface area (Å²) in [6, 6.07) is 15.4. The largest absolute Gasteiger partial charge is 0.467 e. The maximum atomic E-state index is 12.4. The second-order valence-corrected chi connectivity index (χ2v) is 6.50. The van der Waals surface area contributed by atoms with Crippen molar-refractivity contribution in [1.29, 1.82) is 0 Å². The van der Waals surface area contributed by atoms with Crippen molar-refractivity contribution in [1.82, 2.24) is 25.5 Å². The topological polar surface area (TPSA) is 99.0 Å². The van der Waals surface area contributed by atoms with Crippen LogP contribution in [0.3, 0.4) is 0 Å². The molecule has 8 nitrogen and oxygen atoms in total. The molecule has 138 valence electrons. The standard InChI is InChI=1S/C18H16BrN5O3/c1-27-18(26)16(12-7-9-14(19)10-8-12)20-15(25)11-24-22-17(21-23-24)13-5-3-2-4-6-13/h2-10,16H,11H2,1H3,(H,20,25). The first kappa shape index (κ1) is 18.7. The minimum absolute atomic E-state index is 0.177. The third-order valence-corrected chi connectivity index (χ3v) is 4.24. The van der Waals surface area contributed by atoms with E-state index >= 15 is 0 Å². The van der Waals surface area contributed by atoms with Gasteiger partial charge in [0.1, 0.15) is 6.54 Å². The summed E-state index contributed by atoms with van der Waals surface area (Å²) >= 11 is 3.33. The molecule has 1 aromatic heterocycles. The number of esters is 1. The molecule has 3 rings (SSSR count). The van der Waals surface area contributed by atoms with Crippen LogP contribution < -0.4 is 5.32 Å². The van der Waals surface area contributed by atoms with Crippen molar-refractivity contribution in [2.24, 2.45) is 0 Å². The Hall–Kier alpha value is -3.07. The third-order valence-electron chi connectivity index (χ3n) is 3.72. The lowest BCUT2D eigenvalue weighted by atomic mass is 10.1. The number of methoxy groups -OCH3 is 1. The van der Waals surface area contributed by atoms with Crippen LogP contribution in [-0.2, 0) is 20.9 Å². The fourth-order valence-corrected chi connectivity index (χ4v) is 2.66. The number of hydrogen-bond donors (Lipinski definition) is 1. The number of rotatable bonds is 6. The van der Waals surface area contributed by atoms with E-state index in [-0.39, 0.29) is 6.54 Å². The Labute approximate surface area is 163 Å². The van der Waals surface area contributed by atoms with Gasteiger partial charge in [-0.1, -0.05) is 58.4 Å². The zero-order valence-electron chi connectivity index (χ0n) is 14.4. The maximum absolute atomic E-state index is 12.4. The highest BCUT2D eigenvalue weighted by molar-refractivity contribution is 9.10. The van der Waals surface area contributed by atoms with Gasteiger partial charge in [0, 0.05) is 10.0 Å². The molecule has 0 spiro atoms. The number of tetrazole rings is 1. The molecule has 1 N–H and O–H groups in total. The number of amides is 1. The smallest absolute Gasteiger partial charge is 0.333 e. The minimum atomic E-state index is -0.923. The molecule has 9 heteroatoms. The number of benzene rings is 2. The number of carbonyl (C=O) groups is 2. The lowest BCUT2D eigenvalue weighted by Gasteiger charge is -2.16. The predicted molar refractivity (Wildman–Crippen MR) is 100 cm³/mol. The van der Waals surface area contributed by atoms with E-state index in [0.29, 0.717) is 11.4 Å². The molecular formula is C18H16BrN5O3. The third kappa shape index (κ3) is 4.76. The van der Waals surface area contributed by atoms with Crippen molar-refractivity contribution >= 4 is 27.8 Å². The Morgan fingerprint density at radius 1 is 1.15 bits per heavy atom. The van der Waals surface area contributed by atoms with Crippen LogP contribution >= 0.6 is 15.9 Å². The van der Waals surface area contributed by atoms with Crippen LogP contribution in [0.2, 0.25) is 0 Å². The molecule has 2 aromatic carbocycles. The highest BCUT2D eigenvalue weighted by atomic mass is 79.9. The number of nitrogens with one attached hydrogen (secondary N) is 1. The van der Waals surface area contributed by atoms with Gasteiger partial charge in [-0.15, -0.1) is 10.2 Å². The summed E-state index contributed by atoms with van der Waals surface area (Å²) in [5.41, 5.74) is 1.40. The zero-order chi connectivity index (χ0) is 19.2. The van der Waals surface area contributed by atoms with Crippen LogP contribution in [0.1, 0.15) is 11.6 Å². The van der Waals surface area contributed by atoms with Crippen LogP contribution in [0.15, 0.2) is 59.1 Å². The van der Waals surface area contributed by atoms with Crippen LogP contribution in [0.25, 0.3) is 11.4 Å². The Morgan fingerprint density at radius 2 is 1.85 bits per heavy atom. The summed E-state index contributed by atoms with van der Waals surface area (Å²) in [6.07, 6.45) is 0. The molecule has 0 aliphatic heterocycles. The van der Waals surface area contributed by atoms with Crippen LogP contribution in [-0.4, -0.2) is 39.2 Å². The van der Waals surface area contributed by atoms with Gasteiger partial charge in [-0.05, 0) is 22.9 Å². The average Bonchev–Trinajstić information content (AvgIpc) is 3.15. The van der Waals surface area contributed by atoms with Gasteiger partial charge in [-0.25, -0.2) is 4.79 Å². The van der Waals surface area contributed by atoms with Gasteiger partial charge in [-0.2, -0.15) is 4.80 Å². The molecule has 27 heavy (non-hydrogen) atoms. The number of nitrogens with zero attached hydrogens (tertiary/aromatic N) is 4. The van der Waals surface area contributed by atoms with Gasteiger partial charge < -0.3 is 10.1 Å². The monoisotopic (exact) mass is 429 g/mol. The van der Waals surface area contributed by atoms with Crippen LogP contribution in [0, 0.1) is 0 Å². The van der Waals surface area contributed by atoms with Crippen molar-refractivity contribution < 1.29 is 14.3 Å². The number of hydrogen-bond acceptors (Lipinski definition) is 6. The molecule has 0 radical (unpaired) electrons. The minimum Gasteiger partial charge on any atom is -0.467 e. The molecule has 3 aromatic rings. The van der Waals surface area contributed by atoms with E-state index in [9.17, 15) is 9.59 Å². The van der Waals surface area contributed by atoms with E-state index in [1.807, 2.05) is 30.3 Å². The maximum Gasteiger partial charge on any atom is 0.333 e. The fraction of sp³-hybridized carbons (Fsp3) is 0.167. The van der Waals surface area contributed by atoms with Gasteiger partial charge >= 0.3 is 5.97 Å². The van der Waals surface area contributed by atoms with Crippen molar-refractivity contribution in [3.8, 4) is 11.4 Å². The summed E-state index contributed by atoms with van der Waals surface area (Å²) < 4.78 is 5.66. The van der Waals surface area contributed by atoms with E-state index in [2.05, 4.69) is 36.7 Å². The zero-order valence-corrected chi connectivity index (χ0v) is 16.0. The molecule has 0 saturated heterocycles. The number of halogens is 1. The van der Waals surface area contributed by atoms with Crippen LogP contribution in [0.4, 0.5) is 0 Å². The SMILES string of the molecule is COC(=O)C(NC(=O)Cn1nnc(-c2ccccc2)n1)c1ccc(Br)cc1. The summed E-state index contributed by atoms with van der Waals surface area (Å²) in [5, 5.41) is 14.7. The van der Waals surface area contributed by atoms with E-state index in [1.54, 1.807) is 24.3 Å². The second kappa shape index (κ2) is 8.54. The van der Waals surface area contributed by atoms with E-state index in [1.165, 1.54) is 11.9 Å². The lowest BCUT2D eigenvalue weighted by Crippen LogP contribution is -2.37. The molecule has 1 amide bonds. The summed E-state index contributed by atoms with van der Waals surface area (Å²) in [6.45, 7) is -0.177. The average molecular weight is 430 g/mol. The molecule has 0 fully saturated rings. The van der Waals surface area contributed by atoms with Gasteiger partial charge in [0.15, 0.2) is 6.04 Å². The summed E-state index contributed by atoms with van der Waals surface area (Å²) in [4.78, 5) is 25.6. The normalized spacial score (nSPS) is 11.6. The lowest BCUT2D eigenvalue weighted by molar-refractivity contribution is -0.145. The number of aromatic nitrogens is 4. The van der Waals surface area contributed by atoms with E-state index in [0.717, 1.165) is 10.0 Å². The summed E-state index contributed by atoms with van der Waals surface area (Å²) in [7, 11) is 1.27. The number of carbonyl (C=O) groups excluding carboxylic acids is 2. The van der Waals surface area contributed by atoms with Gasteiger partial charge in [-0.3, -0.25) is 4.79 Å². The second-order valence-electron chi connectivity index (χ2n) is 5.58. The van der Waals surface area contributed by atoms with Crippen molar-refractivity contribution in [2.45, 2.75) is 12.6 Å². The molecule has 0 bridgehead atoms. The van der Waals surface area contributed by atoms with Crippen LogP contribution in [0.5, 0.6) is 0 Å². The quantitative estimate of drug-likeness (QED) is 0.602. The summed E-state index contributed by atoms with van der Waals surface area (Å²) in [5.74, 6) is -0.589. The Balaban J connectivity index is 1.70. The van der Waals surface area contributed by atoms with Gasteiger partial charge in [0.2, 0.25) is 11.7 Å². The Bertz CT molecular complexity index is 928. The molecule has 0 saturated carbocycles. The van der Waals surface area contributed by atoms with Gasteiger partial charge in [0.25, 0.3) is 0 Å². The Morgan fingerprint density at radius 3 is 2.52 bits per heavy atom. The molecule has 0 aliphatic rings. The molecule has 1 unspecified atom stereocenters. The first-order chi connectivity index (χ1) is 13.1. The fourth-order valence-electron chi connectivity index (χ4n) is 2.40. The van der Waals surface area contributed by atoms with Gasteiger partial charge in [0.05, 0.1) is 7.11 Å². The molecule has 1 heterocycles. The van der Waals surface area contributed by atoms with E-state index in [4.69, 9.17) is 4.74 Å². The number of ether oxygens (including phenoxy) is 1. The van der Waals surface area contributed by atoms with Crippen molar-refractivity contribution in [3.05, 3.63) is 64.6 Å². The molecular weight excluding hydrogens is 414 g/mol. The van der Waals surface area contributed by atoms with E-state index < -0.39 is 17.9 Å². The first-order valence-electron chi connectivity index (χ1n) is 8.02. The molecule has 1 atom stereocenters. The Kier molecular flexibility index (Phi) is 5.92. The highest BCUT2D eigenvalue weighted by Gasteiger charge is 2.24. The first-order valence-corrected chi connectivity index (χ1v) is 8.82. The predicted octanol–water partition coefficient (Wildman–Crippen LogP) is 2.13. The van der Waals surface area contributed by atoms with Crippen molar-refractivity contribution in [3.63, 3.8) is 0 Å².